The van der Waals surface area contributed by atoms with Gasteiger partial charge in [-0.25, -0.2) is 0 Å². The van der Waals surface area contributed by atoms with Crippen molar-refractivity contribution in [2.45, 2.75) is 20.3 Å². The van der Waals surface area contributed by atoms with E-state index in [0.29, 0.717) is 13.2 Å². The molecule has 0 aliphatic rings. The Bertz CT molecular complexity index is 206. The van der Waals surface area contributed by atoms with Gasteiger partial charge in [-0.15, -0.1) is 0 Å². The minimum Gasteiger partial charge on any atom is -0.465 e. The largest absolute Gasteiger partial charge is 0.465 e. The molecule has 0 rings (SSSR count). The second-order valence-corrected chi connectivity index (χ2v) is 3.05. The van der Waals surface area contributed by atoms with E-state index in [4.69, 9.17) is 9.47 Å². The lowest BCUT2D eigenvalue weighted by atomic mass is 10.4. The predicted octanol–water partition coefficient (Wildman–Crippen LogP) is 0.434. The highest BCUT2D eigenvalue weighted by Gasteiger charge is 2.16. The molecule has 0 radical (unpaired) electrons. The van der Waals surface area contributed by atoms with Crippen LogP contribution in [0, 0.1) is 0 Å². The molecule has 1 amide bonds. The fourth-order valence-corrected chi connectivity index (χ4v) is 1.14. The second kappa shape index (κ2) is 8.23. The molecule has 5 nitrogen and oxygen atoms in total. The Kier molecular flexibility index (Phi) is 7.62. The first kappa shape index (κ1) is 13.9. The van der Waals surface area contributed by atoms with E-state index >= 15 is 0 Å². The van der Waals surface area contributed by atoms with Crippen LogP contribution in [0.25, 0.3) is 0 Å². The van der Waals surface area contributed by atoms with E-state index in [1.54, 1.807) is 6.92 Å². The van der Waals surface area contributed by atoms with Crippen molar-refractivity contribution < 1.29 is 19.1 Å². The maximum atomic E-state index is 11.5. The molecule has 0 bridgehead atoms. The van der Waals surface area contributed by atoms with Crippen LogP contribution in [-0.2, 0) is 19.1 Å². The molecule has 0 aromatic heterocycles. The molecule has 0 aliphatic heterocycles. The summed E-state index contributed by atoms with van der Waals surface area (Å²) in [6, 6.07) is 0. The van der Waals surface area contributed by atoms with Gasteiger partial charge < -0.3 is 14.4 Å². The van der Waals surface area contributed by atoms with Gasteiger partial charge in [0.25, 0.3) is 0 Å². The number of nitrogens with zero attached hydrogens (tertiary/aromatic N) is 1. The molecule has 0 unspecified atom stereocenters. The summed E-state index contributed by atoms with van der Waals surface area (Å²) in [6.07, 6.45) is 0.800. The number of hydrogen-bond acceptors (Lipinski definition) is 4. The lowest BCUT2D eigenvalue weighted by Crippen LogP contribution is -2.39. The van der Waals surface area contributed by atoms with Crippen LogP contribution in [0.15, 0.2) is 0 Å². The SMILES string of the molecule is CCCN(CC(=O)OCC)C(=O)COC. The minimum atomic E-state index is -0.379. The molecule has 0 aromatic carbocycles. The topological polar surface area (TPSA) is 55.8 Å². The highest BCUT2D eigenvalue weighted by Crippen LogP contribution is 1.95. The van der Waals surface area contributed by atoms with E-state index in [1.165, 1.54) is 12.0 Å². The lowest BCUT2D eigenvalue weighted by Gasteiger charge is -2.20. The van der Waals surface area contributed by atoms with Gasteiger partial charge in [0.1, 0.15) is 13.2 Å². The average molecular weight is 217 g/mol. The number of esters is 1. The molecule has 88 valence electrons. The van der Waals surface area contributed by atoms with Gasteiger partial charge >= 0.3 is 5.97 Å². The van der Waals surface area contributed by atoms with Crippen molar-refractivity contribution in [1.82, 2.24) is 4.90 Å². The van der Waals surface area contributed by atoms with Crippen LogP contribution < -0.4 is 0 Å². The van der Waals surface area contributed by atoms with E-state index in [1.807, 2.05) is 6.92 Å². The Morgan fingerprint density at radius 3 is 2.40 bits per heavy atom. The normalized spacial score (nSPS) is 9.80. The number of hydrogen-bond donors (Lipinski definition) is 0. The molecule has 15 heavy (non-hydrogen) atoms. The molecule has 0 saturated heterocycles. The summed E-state index contributed by atoms with van der Waals surface area (Å²) in [4.78, 5) is 24.1. The summed E-state index contributed by atoms with van der Waals surface area (Å²) in [7, 11) is 1.45. The Labute approximate surface area is 90.3 Å². The number of ether oxygens (including phenoxy) is 2. The van der Waals surface area contributed by atoms with Crippen LogP contribution in [0.5, 0.6) is 0 Å². The van der Waals surface area contributed by atoms with Gasteiger partial charge in [0.15, 0.2) is 0 Å². The number of carbonyl (C=O) groups excluding carboxylic acids is 2. The highest BCUT2D eigenvalue weighted by molar-refractivity contribution is 5.82. The van der Waals surface area contributed by atoms with Crippen LogP contribution in [-0.4, -0.2) is 50.2 Å². The minimum absolute atomic E-state index is 0.000590. The summed E-state index contributed by atoms with van der Waals surface area (Å²) < 4.78 is 9.50. The van der Waals surface area contributed by atoms with Crippen molar-refractivity contribution in [3.8, 4) is 0 Å². The average Bonchev–Trinajstić information content (AvgIpc) is 2.18. The first-order valence-electron chi connectivity index (χ1n) is 5.08. The second-order valence-electron chi connectivity index (χ2n) is 3.05. The van der Waals surface area contributed by atoms with Crippen LogP contribution >= 0.6 is 0 Å². The quantitative estimate of drug-likeness (QED) is 0.580. The monoisotopic (exact) mass is 217 g/mol. The van der Waals surface area contributed by atoms with E-state index in [-0.39, 0.29) is 25.0 Å². The lowest BCUT2D eigenvalue weighted by molar-refractivity contribution is -0.150. The van der Waals surface area contributed by atoms with Crippen molar-refractivity contribution in [2.75, 3.05) is 33.4 Å². The molecule has 0 spiro atoms. The van der Waals surface area contributed by atoms with E-state index in [9.17, 15) is 9.59 Å². The van der Waals surface area contributed by atoms with Gasteiger partial charge in [-0.3, -0.25) is 9.59 Å². The molecular formula is C10H19NO4. The molecule has 0 fully saturated rings. The summed E-state index contributed by atoms with van der Waals surface area (Å²) in [5.41, 5.74) is 0. The molecule has 0 N–H and O–H groups in total. The third-order valence-corrected chi connectivity index (χ3v) is 1.74. The number of carbonyl (C=O) groups is 2. The third kappa shape index (κ3) is 6.06. The standard InChI is InChI=1S/C10H19NO4/c1-4-6-11(9(12)8-14-3)7-10(13)15-5-2/h4-8H2,1-3H3. The number of rotatable bonds is 7. The van der Waals surface area contributed by atoms with Crippen LogP contribution in [0.4, 0.5) is 0 Å². The Balaban J connectivity index is 4.13. The fourth-order valence-electron chi connectivity index (χ4n) is 1.14. The first-order chi connectivity index (χ1) is 7.15. The molecular weight excluding hydrogens is 198 g/mol. The zero-order chi connectivity index (χ0) is 11.7. The smallest absolute Gasteiger partial charge is 0.325 e. The number of methoxy groups -OCH3 is 1. The summed E-state index contributed by atoms with van der Waals surface area (Å²) in [5.74, 6) is -0.567. The van der Waals surface area contributed by atoms with Crippen LogP contribution in [0.3, 0.4) is 0 Å². The Morgan fingerprint density at radius 2 is 1.93 bits per heavy atom. The molecule has 0 saturated carbocycles. The van der Waals surface area contributed by atoms with Crippen molar-refractivity contribution >= 4 is 11.9 Å². The van der Waals surface area contributed by atoms with Gasteiger partial charge in [-0.1, -0.05) is 6.92 Å². The van der Waals surface area contributed by atoms with Crippen molar-refractivity contribution in [2.24, 2.45) is 0 Å². The van der Waals surface area contributed by atoms with E-state index in [0.717, 1.165) is 6.42 Å². The highest BCUT2D eigenvalue weighted by atomic mass is 16.5. The summed E-state index contributed by atoms with van der Waals surface area (Å²) in [5, 5.41) is 0. The fraction of sp³-hybridized carbons (Fsp3) is 0.800. The Morgan fingerprint density at radius 1 is 1.27 bits per heavy atom. The maximum absolute atomic E-state index is 11.5. The van der Waals surface area contributed by atoms with Crippen LogP contribution in [0.2, 0.25) is 0 Å². The third-order valence-electron chi connectivity index (χ3n) is 1.74. The summed E-state index contributed by atoms with van der Waals surface area (Å²) in [6.45, 7) is 4.55. The maximum Gasteiger partial charge on any atom is 0.325 e. The van der Waals surface area contributed by atoms with Gasteiger partial charge in [0.2, 0.25) is 5.91 Å². The summed E-state index contributed by atoms with van der Waals surface area (Å²) >= 11 is 0. The molecule has 0 aliphatic carbocycles. The van der Waals surface area contributed by atoms with Crippen LogP contribution in [0.1, 0.15) is 20.3 Å². The van der Waals surface area contributed by atoms with Crippen molar-refractivity contribution in [3.05, 3.63) is 0 Å². The first-order valence-corrected chi connectivity index (χ1v) is 5.08. The molecule has 5 heteroatoms. The predicted molar refractivity (Wildman–Crippen MR) is 55.4 cm³/mol. The van der Waals surface area contributed by atoms with E-state index in [2.05, 4.69) is 0 Å². The zero-order valence-corrected chi connectivity index (χ0v) is 9.62. The zero-order valence-electron chi connectivity index (χ0n) is 9.62. The van der Waals surface area contributed by atoms with E-state index < -0.39 is 0 Å². The van der Waals surface area contributed by atoms with Gasteiger partial charge in [-0.2, -0.15) is 0 Å². The molecule has 0 heterocycles. The molecule has 0 aromatic rings. The van der Waals surface area contributed by atoms with Crippen molar-refractivity contribution in [3.63, 3.8) is 0 Å². The van der Waals surface area contributed by atoms with Gasteiger partial charge in [-0.05, 0) is 13.3 Å². The van der Waals surface area contributed by atoms with Crippen molar-refractivity contribution in [1.29, 1.82) is 0 Å². The number of amides is 1. The van der Waals surface area contributed by atoms with Gasteiger partial charge in [0.05, 0.1) is 6.61 Å². The van der Waals surface area contributed by atoms with Gasteiger partial charge in [0, 0.05) is 13.7 Å². The Hall–Kier alpha value is -1.10. The molecule has 0 atom stereocenters.